The number of carbonyl (C=O) groups excluding carboxylic acids is 3. The highest BCUT2D eigenvalue weighted by molar-refractivity contribution is 5.92. The number of nitrogens with one attached hydrogen (secondary N) is 3. The lowest BCUT2D eigenvalue weighted by Gasteiger charge is -2.20. The molecule has 1 aromatic rings. The Morgan fingerprint density at radius 2 is 1.56 bits per heavy atom. The van der Waals surface area contributed by atoms with Gasteiger partial charge < -0.3 is 42.1 Å². The van der Waals surface area contributed by atoms with Gasteiger partial charge in [0.1, 0.15) is 23.9 Å². The molecule has 176 valence electrons. The van der Waals surface area contributed by atoms with Crippen LogP contribution in [0.25, 0.3) is 0 Å². The number of carbonyl (C=O) groups is 5. The van der Waals surface area contributed by atoms with Crippen molar-refractivity contribution in [1.82, 2.24) is 16.0 Å². The molecule has 3 unspecified atom stereocenters. The van der Waals surface area contributed by atoms with Crippen molar-refractivity contribution >= 4 is 29.7 Å². The van der Waals surface area contributed by atoms with Gasteiger partial charge in [0.2, 0.25) is 17.7 Å². The van der Waals surface area contributed by atoms with Crippen molar-refractivity contribution < 1.29 is 44.4 Å². The number of aliphatic hydroxyl groups is 1. The van der Waals surface area contributed by atoms with Gasteiger partial charge in [-0.2, -0.15) is 0 Å². The number of rotatable bonds is 13. The van der Waals surface area contributed by atoms with E-state index in [0.717, 1.165) is 0 Å². The first kappa shape index (κ1) is 26.3. The average molecular weight is 454 g/mol. The zero-order valence-electron chi connectivity index (χ0n) is 17.0. The SMILES string of the molecule is NC(CO)C(=O)NC(CCC(=O)O)C(=O)NCC(=O)NC(Cc1ccc(O)cc1)C(=O)O. The molecule has 3 atom stereocenters. The number of nitrogens with two attached hydrogens (primary N) is 1. The summed E-state index contributed by atoms with van der Waals surface area (Å²) in [5.74, 6) is -5.15. The van der Waals surface area contributed by atoms with E-state index in [1.54, 1.807) is 0 Å². The molecule has 0 aliphatic carbocycles. The third kappa shape index (κ3) is 9.40. The van der Waals surface area contributed by atoms with E-state index in [-0.39, 0.29) is 18.6 Å². The van der Waals surface area contributed by atoms with Crippen LogP contribution in [0, 0.1) is 0 Å². The summed E-state index contributed by atoms with van der Waals surface area (Å²) in [7, 11) is 0. The second-order valence-electron chi connectivity index (χ2n) is 6.83. The van der Waals surface area contributed by atoms with Crippen molar-refractivity contribution in [2.45, 2.75) is 37.4 Å². The molecule has 0 bridgehead atoms. The van der Waals surface area contributed by atoms with Crippen molar-refractivity contribution in [3.63, 3.8) is 0 Å². The van der Waals surface area contributed by atoms with Gasteiger partial charge in [0.25, 0.3) is 0 Å². The van der Waals surface area contributed by atoms with E-state index in [1.165, 1.54) is 24.3 Å². The molecule has 0 saturated heterocycles. The van der Waals surface area contributed by atoms with Crippen LogP contribution in [-0.4, -0.2) is 81.4 Å². The number of aliphatic carboxylic acids is 2. The van der Waals surface area contributed by atoms with Crippen molar-refractivity contribution in [2.75, 3.05) is 13.2 Å². The number of hydrogen-bond donors (Lipinski definition) is 8. The van der Waals surface area contributed by atoms with E-state index in [0.29, 0.717) is 5.56 Å². The molecule has 32 heavy (non-hydrogen) atoms. The average Bonchev–Trinajstić information content (AvgIpc) is 2.74. The van der Waals surface area contributed by atoms with Crippen LogP contribution < -0.4 is 21.7 Å². The van der Waals surface area contributed by atoms with Crippen molar-refractivity contribution in [3.05, 3.63) is 29.8 Å². The lowest BCUT2D eigenvalue weighted by molar-refractivity contribution is -0.141. The van der Waals surface area contributed by atoms with E-state index in [2.05, 4.69) is 16.0 Å². The number of carboxylic acid groups (broad SMARTS) is 2. The third-order valence-electron chi connectivity index (χ3n) is 4.25. The van der Waals surface area contributed by atoms with Gasteiger partial charge in [-0.1, -0.05) is 12.1 Å². The molecule has 0 spiro atoms. The van der Waals surface area contributed by atoms with E-state index in [9.17, 15) is 34.2 Å². The Bertz CT molecular complexity index is 829. The summed E-state index contributed by atoms with van der Waals surface area (Å²) in [5, 5.41) is 42.9. The maximum absolute atomic E-state index is 12.3. The summed E-state index contributed by atoms with van der Waals surface area (Å²) in [6.07, 6.45) is -0.844. The summed E-state index contributed by atoms with van der Waals surface area (Å²) in [5.41, 5.74) is 5.89. The number of hydrogen-bond acceptors (Lipinski definition) is 8. The van der Waals surface area contributed by atoms with Crippen molar-refractivity contribution in [3.8, 4) is 5.75 Å². The van der Waals surface area contributed by atoms with E-state index in [4.69, 9.17) is 15.9 Å². The molecule has 0 aliphatic heterocycles. The Morgan fingerprint density at radius 1 is 0.938 bits per heavy atom. The minimum absolute atomic E-state index is 0.00291. The molecule has 1 rings (SSSR count). The lowest BCUT2D eigenvalue weighted by Crippen LogP contribution is -2.54. The summed E-state index contributed by atoms with van der Waals surface area (Å²) in [6, 6.07) is 1.74. The third-order valence-corrected chi connectivity index (χ3v) is 4.25. The standard InChI is InChI=1S/C19H26N4O9/c20-12(9-24)17(29)23-13(5-6-16(27)28)18(30)21-8-15(26)22-14(19(31)32)7-10-1-3-11(25)4-2-10/h1-4,12-14,24-25H,5-9,20H2,(H,21,30)(H,22,26)(H,23,29)(H,27,28)(H,31,32). The van der Waals surface area contributed by atoms with Crippen LogP contribution in [0.3, 0.4) is 0 Å². The number of carboxylic acids is 2. The van der Waals surface area contributed by atoms with Crippen LogP contribution in [0.2, 0.25) is 0 Å². The molecule has 0 aromatic heterocycles. The first-order valence-electron chi connectivity index (χ1n) is 9.49. The van der Waals surface area contributed by atoms with Crippen molar-refractivity contribution in [1.29, 1.82) is 0 Å². The zero-order valence-corrected chi connectivity index (χ0v) is 17.0. The van der Waals surface area contributed by atoms with Gasteiger partial charge in [-0.05, 0) is 24.1 Å². The second kappa shape index (κ2) is 12.9. The predicted octanol–water partition coefficient (Wildman–Crippen LogP) is -2.71. The monoisotopic (exact) mass is 454 g/mol. The first-order chi connectivity index (χ1) is 15.0. The summed E-state index contributed by atoms with van der Waals surface area (Å²) < 4.78 is 0. The largest absolute Gasteiger partial charge is 0.508 e. The lowest BCUT2D eigenvalue weighted by atomic mass is 10.1. The smallest absolute Gasteiger partial charge is 0.326 e. The summed E-state index contributed by atoms with van der Waals surface area (Å²) in [4.78, 5) is 58.4. The van der Waals surface area contributed by atoms with Gasteiger partial charge in [-0.25, -0.2) is 4.79 Å². The number of benzene rings is 1. The molecule has 13 heteroatoms. The normalized spacial score (nSPS) is 13.3. The molecule has 0 saturated carbocycles. The second-order valence-corrected chi connectivity index (χ2v) is 6.83. The van der Waals surface area contributed by atoms with Crippen LogP contribution in [0.15, 0.2) is 24.3 Å². The molecule has 0 fully saturated rings. The minimum Gasteiger partial charge on any atom is -0.508 e. The fourth-order valence-corrected chi connectivity index (χ4v) is 2.50. The van der Waals surface area contributed by atoms with Crippen LogP contribution in [0.5, 0.6) is 5.75 Å². The number of phenolic OH excluding ortho intramolecular Hbond substituents is 1. The molecule has 9 N–H and O–H groups in total. The Balaban J connectivity index is 2.68. The van der Waals surface area contributed by atoms with E-state index >= 15 is 0 Å². The van der Waals surface area contributed by atoms with Gasteiger partial charge in [-0.3, -0.25) is 19.2 Å². The zero-order chi connectivity index (χ0) is 24.3. The number of aromatic hydroxyl groups is 1. The van der Waals surface area contributed by atoms with Crippen LogP contribution >= 0.6 is 0 Å². The molecule has 13 nitrogen and oxygen atoms in total. The van der Waals surface area contributed by atoms with Gasteiger partial charge in [0.05, 0.1) is 13.2 Å². The Morgan fingerprint density at radius 3 is 2.09 bits per heavy atom. The highest BCUT2D eigenvalue weighted by atomic mass is 16.4. The summed E-state index contributed by atoms with van der Waals surface area (Å²) in [6.45, 7) is -1.33. The van der Waals surface area contributed by atoms with Crippen molar-refractivity contribution in [2.24, 2.45) is 5.73 Å². The molecule has 0 radical (unpaired) electrons. The van der Waals surface area contributed by atoms with E-state index < -0.39 is 67.4 Å². The molecular formula is C19H26N4O9. The first-order valence-corrected chi connectivity index (χ1v) is 9.49. The topological polar surface area (TPSA) is 228 Å². The fraction of sp³-hybridized carbons (Fsp3) is 0.421. The van der Waals surface area contributed by atoms with Gasteiger partial charge >= 0.3 is 11.9 Å². The fourth-order valence-electron chi connectivity index (χ4n) is 2.50. The highest BCUT2D eigenvalue weighted by Gasteiger charge is 2.25. The van der Waals surface area contributed by atoms with Crippen LogP contribution in [0.4, 0.5) is 0 Å². The maximum Gasteiger partial charge on any atom is 0.326 e. The van der Waals surface area contributed by atoms with E-state index in [1.807, 2.05) is 0 Å². The Hall–Kier alpha value is -3.71. The van der Waals surface area contributed by atoms with Crippen LogP contribution in [-0.2, 0) is 30.4 Å². The summed E-state index contributed by atoms with van der Waals surface area (Å²) >= 11 is 0. The maximum atomic E-state index is 12.3. The number of phenols is 1. The van der Waals surface area contributed by atoms with Crippen LogP contribution in [0.1, 0.15) is 18.4 Å². The molecule has 1 aromatic carbocycles. The molecule has 3 amide bonds. The van der Waals surface area contributed by atoms with Gasteiger partial charge in [-0.15, -0.1) is 0 Å². The number of aliphatic hydroxyl groups excluding tert-OH is 1. The molecular weight excluding hydrogens is 428 g/mol. The molecule has 0 aliphatic rings. The Labute approximate surface area is 182 Å². The highest BCUT2D eigenvalue weighted by Crippen LogP contribution is 2.11. The Kier molecular flexibility index (Phi) is 10.6. The predicted molar refractivity (Wildman–Crippen MR) is 108 cm³/mol. The van der Waals surface area contributed by atoms with Gasteiger partial charge in [0.15, 0.2) is 0 Å². The molecule has 0 heterocycles. The minimum atomic E-state index is -1.34. The number of amides is 3. The van der Waals surface area contributed by atoms with Gasteiger partial charge in [0, 0.05) is 12.8 Å². The quantitative estimate of drug-likeness (QED) is 0.154.